The van der Waals surface area contributed by atoms with E-state index < -0.39 is 0 Å². The molecule has 0 spiro atoms. The number of hydrogen-bond acceptors (Lipinski definition) is 5. The van der Waals surface area contributed by atoms with Crippen LogP contribution in [0.3, 0.4) is 0 Å². The number of hydrogen-bond donors (Lipinski definition) is 0. The van der Waals surface area contributed by atoms with Gasteiger partial charge in [0.15, 0.2) is 0 Å². The van der Waals surface area contributed by atoms with Crippen LogP contribution in [0.2, 0.25) is 0 Å². The molecule has 0 aliphatic rings. The van der Waals surface area contributed by atoms with Gasteiger partial charge in [0.2, 0.25) is 0 Å². The molecule has 0 fully saturated rings. The number of rotatable bonds is 5. The predicted octanol–water partition coefficient (Wildman–Crippen LogP) is 2.37. The minimum Gasteiger partial charge on any atom is -0.497 e. The van der Waals surface area contributed by atoms with Crippen LogP contribution in [0.1, 0.15) is 5.56 Å². The molecule has 24 heavy (non-hydrogen) atoms. The van der Waals surface area contributed by atoms with Crippen molar-refractivity contribution in [1.29, 1.82) is 0 Å². The van der Waals surface area contributed by atoms with Crippen molar-refractivity contribution in [3.8, 4) is 22.8 Å². The lowest BCUT2D eigenvalue weighted by atomic mass is 10.1. The monoisotopic (exact) mass is 323 g/mol. The van der Waals surface area contributed by atoms with Crippen molar-refractivity contribution < 1.29 is 9.47 Å². The van der Waals surface area contributed by atoms with Gasteiger partial charge in [-0.1, -0.05) is 6.07 Å². The van der Waals surface area contributed by atoms with Crippen LogP contribution in [0.25, 0.3) is 11.3 Å². The molecule has 0 bridgehead atoms. The Balaban J connectivity index is 2.04. The molecule has 3 rings (SSSR count). The summed E-state index contributed by atoms with van der Waals surface area (Å²) in [5, 5.41) is 4.46. The molecule has 0 N–H and O–H groups in total. The Morgan fingerprint density at radius 1 is 1.08 bits per heavy atom. The van der Waals surface area contributed by atoms with E-state index in [4.69, 9.17) is 9.47 Å². The van der Waals surface area contributed by atoms with Crippen molar-refractivity contribution in [3.05, 3.63) is 70.8 Å². The summed E-state index contributed by atoms with van der Waals surface area (Å²) >= 11 is 0. The molecule has 2 heterocycles. The van der Waals surface area contributed by atoms with E-state index in [1.165, 1.54) is 10.7 Å². The molecule has 3 aromatic rings. The molecule has 0 radical (unpaired) electrons. The van der Waals surface area contributed by atoms with Gasteiger partial charge in [0.1, 0.15) is 11.5 Å². The highest BCUT2D eigenvalue weighted by Gasteiger charge is 2.11. The summed E-state index contributed by atoms with van der Waals surface area (Å²) in [6.07, 6.45) is 3.41. The zero-order chi connectivity index (χ0) is 16.9. The zero-order valence-electron chi connectivity index (χ0n) is 13.5. The summed E-state index contributed by atoms with van der Waals surface area (Å²) in [5.41, 5.74) is 2.12. The van der Waals surface area contributed by atoms with Crippen LogP contribution in [0.15, 0.2) is 59.7 Å². The lowest BCUT2D eigenvalue weighted by Crippen LogP contribution is -2.22. The fraction of sp³-hybridized carbons (Fsp3) is 0.167. The smallest absolute Gasteiger partial charge is 0.267 e. The molecular weight excluding hydrogens is 306 g/mol. The molecule has 0 saturated heterocycles. The number of pyridine rings is 1. The predicted molar refractivity (Wildman–Crippen MR) is 90.4 cm³/mol. The van der Waals surface area contributed by atoms with E-state index in [0.29, 0.717) is 23.7 Å². The van der Waals surface area contributed by atoms with Crippen molar-refractivity contribution in [2.75, 3.05) is 14.2 Å². The van der Waals surface area contributed by atoms with Gasteiger partial charge in [-0.05, 0) is 35.9 Å². The van der Waals surface area contributed by atoms with E-state index in [0.717, 1.165) is 11.1 Å². The Kier molecular flexibility index (Phi) is 4.56. The highest BCUT2D eigenvalue weighted by atomic mass is 16.5. The molecule has 0 atom stereocenters. The Hall–Kier alpha value is -3.15. The van der Waals surface area contributed by atoms with Crippen LogP contribution in [0, 0.1) is 0 Å². The average Bonchev–Trinajstić information content (AvgIpc) is 2.64. The second-order valence-electron chi connectivity index (χ2n) is 5.14. The minimum atomic E-state index is -0.176. The van der Waals surface area contributed by atoms with Crippen LogP contribution in [0.5, 0.6) is 11.5 Å². The van der Waals surface area contributed by atoms with Crippen molar-refractivity contribution in [3.63, 3.8) is 0 Å². The fourth-order valence-electron chi connectivity index (χ4n) is 2.38. The number of nitrogens with zero attached hydrogens (tertiary/aromatic N) is 3. The molecule has 0 unspecified atom stereocenters. The molecule has 2 aromatic heterocycles. The summed E-state index contributed by atoms with van der Waals surface area (Å²) in [7, 11) is 3.19. The van der Waals surface area contributed by atoms with Gasteiger partial charge in [-0.25, -0.2) is 4.68 Å². The maximum Gasteiger partial charge on any atom is 0.267 e. The van der Waals surface area contributed by atoms with E-state index in [9.17, 15) is 4.79 Å². The molecule has 0 amide bonds. The molecule has 0 aliphatic heterocycles. The van der Waals surface area contributed by atoms with Gasteiger partial charge in [0, 0.05) is 24.0 Å². The first-order valence-corrected chi connectivity index (χ1v) is 7.40. The average molecular weight is 323 g/mol. The maximum atomic E-state index is 12.1. The Bertz CT molecular complexity index is 892. The number of aromatic nitrogens is 3. The number of benzene rings is 1. The normalized spacial score (nSPS) is 10.4. The zero-order valence-corrected chi connectivity index (χ0v) is 13.5. The summed E-state index contributed by atoms with van der Waals surface area (Å²) in [4.78, 5) is 16.2. The topological polar surface area (TPSA) is 66.2 Å². The Labute approximate surface area is 139 Å². The second kappa shape index (κ2) is 6.95. The summed E-state index contributed by atoms with van der Waals surface area (Å²) < 4.78 is 12.1. The third-order valence-electron chi connectivity index (χ3n) is 3.60. The molecule has 6 nitrogen and oxygen atoms in total. The van der Waals surface area contributed by atoms with E-state index in [1.54, 1.807) is 32.7 Å². The third-order valence-corrected chi connectivity index (χ3v) is 3.60. The van der Waals surface area contributed by atoms with Crippen LogP contribution in [-0.2, 0) is 6.54 Å². The summed E-state index contributed by atoms with van der Waals surface area (Å²) in [6.45, 7) is 0.354. The Morgan fingerprint density at radius 3 is 2.67 bits per heavy atom. The maximum absolute atomic E-state index is 12.1. The van der Waals surface area contributed by atoms with Gasteiger partial charge < -0.3 is 9.47 Å². The van der Waals surface area contributed by atoms with Crippen LogP contribution < -0.4 is 15.0 Å². The fourth-order valence-corrected chi connectivity index (χ4v) is 2.38. The summed E-state index contributed by atoms with van der Waals surface area (Å²) in [6, 6.07) is 12.4. The van der Waals surface area contributed by atoms with Gasteiger partial charge in [-0.2, -0.15) is 5.10 Å². The van der Waals surface area contributed by atoms with Gasteiger partial charge in [-0.3, -0.25) is 9.78 Å². The van der Waals surface area contributed by atoms with Gasteiger partial charge in [-0.15, -0.1) is 0 Å². The van der Waals surface area contributed by atoms with Crippen molar-refractivity contribution >= 4 is 0 Å². The highest BCUT2D eigenvalue weighted by Crippen LogP contribution is 2.31. The van der Waals surface area contributed by atoms with Crippen LogP contribution in [0.4, 0.5) is 0 Å². The number of ether oxygens (including phenoxy) is 2. The van der Waals surface area contributed by atoms with Crippen LogP contribution >= 0.6 is 0 Å². The first kappa shape index (κ1) is 15.7. The SMILES string of the molecule is COc1ccc(OC)c(-c2ccc(=O)n(Cc3cccnc3)n2)c1. The van der Waals surface area contributed by atoms with Crippen molar-refractivity contribution in [2.24, 2.45) is 0 Å². The van der Waals surface area contributed by atoms with Crippen molar-refractivity contribution in [2.45, 2.75) is 6.54 Å². The lowest BCUT2D eigenvalue weighted by Gasteiger charge is -2.11. The quantitative estimate of drug-likeness (QED) is 0.721. The highest BCUT2D eigenvalue weighted by molar-refractivity contribution is 5.68. The minimum absolute atomic E-state index is 0.176. The van der Waals surface area contributed by atoms with Gasteiger partial charge >= 0.3 is 0 Å². The van der Waals surface area contributed by atoms with Crippen molar-refractivity contribution in [1.82, 2.24) is 14.8 Å². The summed E-state index contributed by atoms with van der Waals surface area (Å²) in [5.74, 6) is 1.35. The Morgan fingerprint density at radius 2 is 1.96 bits per heavy atom. The molecule has 0 saturated carbocycles. The second-order valence-corrected chi connectivity index (χ2v) is 5.14. The third kappa shape index (κ3) is 3.27. The first-order chi connectivity index (χ1) is 11.7. The molecule has 1 aromatic carbocycles. The van der Waals surface area contributed by atoms with Crippen LogP contribution in [-0.4, -0.2) is 29.0 Å². The molecule has 122 valence electrons. The largest absolute Gasteiger partial charge is 0.497 e. The first-order valence-electron chi connectivity index (χ1n) is 7.40. The van der Waals surface area contributed by atoms with Gasteiger partial charge in [0.05, 0.1) is 26.5 Å². The van der Waals surface area contributed by atoms with Gasteiger partial charge in [0.25, 0.3) is 5.56 Å². The number of methoxy groups -OCH3 is 2. The lowest BCUT2D eigenvalue weighted by molar-refractivity contribution is 0.404. The van der Waals surface area contributed by atoms with E-state index in [1.807, 2.05) is 30.3 Å². The molecular formula is C18H17N3O3. The standard InChI is InChI=1S/C18H17N3O3/c1-23-14-5-7-17(24-2)15(10-14)16-6-8-18(22)21(20-16)12-13-4-3-9-19-11-13/h3-11H,12H2,1-2H3. The molecule has 6 heteroatoms. The van der Waals surface area contributed by atoms with E-state index in [2.05, 4.69) is 10.1 Å². The van der Waals surface area contributed by atoms with E-state index >= 15 is 0 Å². The van der Waals surface area contributed by atoms with E-state index in [-0.39, 0.29) is 5.56 Å². The molecule has 0 aliphatic carbocycles.